The highest BCUT2D eigenvalue weighted by Crippen LogP contribution is 2.26. The van der Waals surface area contributed by atoms with Gasteiger partial charge in [-0.25, -0.2) is 0 Å². The molecule has 0 amide bonds. The van der Waals surface area contributed by atoms with Gasteiger partial charge in [0.25, 0.3) is 0 Å². The SMILES string of the molecule is CC(C=O)c1cccc(S)c1CBr. The number of hydrogen-bond acceptors (Lipinski definition) is 2. The zero-order valence-electron chi connectivity index (χ0n) is 7.33. The van der Waals surface area contributed by atoms with Gasteiger partial charge in [0.05, 0.1) is 0 Å². The summed E-state index contributed by atoms with van der Waals surface area (Å²) in [7, 11) is 0. The molecule has 1 atom stereocenters. The fourth-order valence-electron chi connectivity index (χ4n) is 1.24. The summed E-state index contributed by atoms with van der Waals surface area (Å²) in [4.78, 5) is 11.6. The van der Waals surface area contributed by atoms with Crippen LogP contribution in [0.5, 0.6) is 0 Å². The van der Waals surface area contributed by atoms with E-state index in [2.05, 4.69) is 28.6 Å². The molecule has 0 saturated carbocycles. The van der Waals surface area contributed by atoms with E-state index in [0.29, 0.717) is 0 Å². The Morgan fingerprint density at radius 1 is 1.62 bits per heavy atom. The molecular formula is C10H11BrOS. The standard InChI is InChI=1S/C10H11BrOS/c1-7(6-12)8-3-2-4-10(13)9(8)5-11/h2-4,6-7,13H,5H2,1H3. The van der Waals surface area contributed by atoms with E-state index in [1.54, 1.807) is 0 Å². The molecule has 0 aliphatic carbocycles. The molecule has 13 heavy (non-hydrogen) atoms. The zero-order chi connectivity index (χ0) is 9.84. The average Bonchev–Trinajstić information content (AvgIpc) is 2.16. The van der Waals surface area contributed by atoms with Crippen LogP contribution < -0.4 is 0 Å². The molecule has 0 saturated heterocycles. The summed E-state index contributed by atoms with van der Waals surface area (Å²) >= 11 is 7.73. The Hall–Kier alpha value is -0.280. The first-order valence-electron chi connectivity index (χ1n) is 4.02. The van der Waals surface area contributed by atoms with Gasteiger partial charge in [-0.3, -0.25) is 0 Å². The number of hydrogen-bond donors (Lipinski definition) is 1. The molecule has 0 aliphatic heterocycles. The summed E-state index contributed by atoms with van der Waals surface area (Å²) in [6, 6.07) is 5.82. The number of benzene rings is 1. The van der Waals surface area contributed by atoms with Crippen molar-refractivity contribution in [1.29, 1.82) is 0 Å². The summed E-state index contributed by atoms with van der Waals surface area (Å²) in [6.07, 6.45) is 0.953. The Morgan fingerprint density at radius 3 is 2.85 bits per heavy atom. The lowest BCUT2D eigenvalue weighted by molar-refractivity contribution is -0.108. The Labute approximate surface area is 92.1 Å². The van der Waals surface area contributed by atoms with E-state index in [-0.39, 0.29) is 5.92 Å². The molecule has 1 unspecified atom stereocenters. The number of thiol groups is 1. The maximum absolute atomic E-state index is 10.6. The van der Waals surface area contributed by atoms with Gasteiger partial charge in [-0.15, -0.1) is 12.6 Å². The molecule has 0 fully saturated rings. The van der Waals surface area contributed by atoms with Crippen LogP contribution in [0.2, 0.25) is 0 Å². The average molecular weight is 259 g/mol. The van der Waals surface area contributed by atoms with Crippen LogP contribution in [-0.4, -0.2) is 6.29 Å². The summed E-state index contributed by atoms with van der Waals surface area (Å²) in [5.74, 6) is -0.0559. The van der Waals surface area contributed by atoms with Crippen molar-refractivity contribution in [2.45, 2.75) is 23.1 Å². The van der Waals surface area contributed by atoms with E-state index in [0.717, 1.165) is 27.6 Å². The number of halogens is 1. The molecule has 0 spiro atoms. The molecule has 0 heterocycles. The minimum absolute atomic E-state index is 0.0559. The molecule has 1 nitrogen and oxygen atoms in total. The first kappa shape index (κ1) is 10.8. The van der Waals surface area contributed by atoms with Gasteiger partial charge in [0.15, 0.2) is 0 Å². The second kappa shape index (κ2) is 4.82. The number of alkyl halides is 1. The normalized spacial score (nSPS) is 12.5. The number of carbonyl (C=O) groups excluding carboxylic acids is 1. The van der Waals surface area contributed by atoms with Crippen molar-refractivity contribution >= 4 is 34.8 Å². The van der Waals surface area contributed by atoms with E-state index < -0.39 is 0 Å². The summed E-state index contributed by atoms with van der Waals surface area (Å²) in [5, 5.41) is 0.736. The predicted octanol–water partition coefficient (Wildman–Crippen LogP) is 3.17. The minimum Gasteiger partial charge on any atom is -0.303 e. The monoisotopic (exact) mass is 258 g/mol. The smallest absolute Gasteiger partial charge is 0.127 e. The topological polar surface area (TPSA) is 17.1 Å². The summed E-state index contributed by atoms with van der Waals surface area (Å²) in [5.41, 5.74) is 2.16. The van der Waals surface area contributed by atoms with Crippen molar-refractivity contribution in [1.82, 2.24) is 0 Å². The van der Waals surface area contributed by atoms with Crippen LogP contribution in [0.15, 0.2) is 23.1 Å². The minimum atomic E-state index is -0.0559. The van der Waals surface area contributed by atoms with E-state index in [4.69, 9.17) is 0 Å². The van der Waals surface area contributed by atoms with Gasteiger partial charge in [-0.05, 0) is 17.2 Å². The van der Waals surface area contributed by atoms with Gasteiger partial charge < -0.3 is 4.79 Å². The maximum Gasteiger partial charge on any atom is 0.127 e. The molecule has 3 heteroatoms. The van der Waals surface area contributed by atoms with Crippen LogP contribution in [0.4, 0.5) is 0 Å². The Bertz CT molecular complexity index is 312. The summed E-state index contributed by atoms with van der Waals surface area (Å²) in [6.45, 7) is 1.89. The third-order valence-electron chi connectivity index (χ3n) is 2.02. The van der Waals surface area contributed by atoms with Crippen LogP contribution in [0.3, 0.4) is 0 Å². The first-order chi connectivity index (χ1) is 6.20. The highest BCUT2D eigenvalue weighted by molar-refractivity contribution is 9.08. The van der Waals surface area contributed by atoms with Gasteiger partial charge in [0.2, 0.25) is 0 Å². The molecule has 0 N–H and O–H groups in total. The Kier molecular flexibility index (Phi) is 4.00. The predicted molar refractivity (Wildman–Crippen MR) is 60.8 cm³/mol. The lowest BCUT2D eigenvalue weighted by Crippen LogP contribution is -1.99. The third-order valence-corrected chi connectivity index (χ3v) is 3.00. The molecular weight excluding hydrogens is 248 g/mol. The lowest BCUT2D eigenvalue weighted by atomic mass is 9.98. The summed E-state index contributed by atoms with van der Waals surface area (Å²) < 4.78 is 0. The van der Waals surface area contributed by atoms with Gasteiger partial charge >= 0.3 is 0 Å². The fraction of sp³-hybridized carbons (Fsp3) is 0.300. The van der Waals surface area contributed by atoms with Crippen LogP contribution in [0, 0.1) is 0 Å². The largest absolute Gasteiger partial charge is 0.303 e. The first-order valence-corrected chi connectivity index (χ1v) is 5.59. The van der Waals surface area contributed by atoms with Crippen LogP contribution in [0.1, 0.15) is 24.0 Å². The fourth-order valence-corrected chi connectivity index (χ4v) is 2.37. The van der Waals surface area contributed by atoms with Gasteiger partial charge in [-0.2, -0.15) is 0 Å². The lowest BCUT2D eigenvalue weighted by Gasteiger charge is -2.11. The van der Waals surface area contributed by atoms with Crippen molar-refractivity contribution in [2.24, 2.45) is 0 Å². The number of carbonyl (C=O) groups is 1. The number of aldehydes is 1. The van der Waals surface area contributed by atoms with Gasteiger partial charge in [-0.1, -0.05) is 35.0 Å². The van der Waals surface area contributed by atoms with Crippen molar-refractivity contribution in [3.63, 3.8) is 0 Å². The van der Waals surface area contributed by atoms with Crippen molar-refractivity contribution in [3.8, 4) is 0 Å². The van der Waals surface area contributed by atoms with Crippen LogP contribution in [0.25, 0.3) is 0 Å². The molecule has 0 bridgehead atoms. The highest BCUT2D eigenvalue weighted by Gasteiger charge is 2.10. The Balaban J connectivity index is 3.19. The molecule has 70 valence electrons. The van der Waals surface area contributed by atoms with Crippen molar-refractivity contribution in [2.75, 3.05) is 0 Å². The molecule has 0 radical (unpaired) electrons. The van der Waals surface area contributed by atoms with Crippen molar-refractivity contribution in [3.05, 3.63) is 29.3 Å². The second-order valence-corrected chi connectivity index (χ2v) is 3.95. The van der Waals surface area contributed by atoms with Crippen LogP contribution in [-0.2, 0) is 10.1 Å². The van der Waals surface area contributed by atoms with E-state index in [1.807, 2.05) is 25.1 Å². The van der Waals surface area contributed by atoms with Crippen LogP contribution >= 0.6 is 28.6 Å². The zero-order valence-corrected chi connectivity index (χ0v) is 9.81. The van der Waals surface area contributed by atoms with Gasteiger partial charge in [0, 0.05) is 16.1 Å². The van der Waals surface area contributed by atoms with Gasteiger partial charge in [0.1, 0.15) is 6.29 Å². The Morgan fingerprint density at radius 2 is 2.31 bits per heavy atom. The van der Waals surface area contributed by atoms with E-state index in [1.165, 1.54) is 0 Å². The van der Waals surface area contributed by atoms with E-state index >= 15 is 0 Å². The highest BCUT2D eigenvalue weighted by atomic mass is 79.9. The molecule has 1 rings (SSSR count). The maximum atomic E-state index is 10.6. The molecule has 1 aromatic carbocycles. The third kappa shape index (κ3) is 2.35. The molecule has 1 aromatic rings. The molecule has 0 aromatic heterocycles. The van der Waals surface area contributed by atoms with E-state index in [9.17, 15) is 4.79 Å². The second-order valence-electron chi connectivity index (χ2n) is 2.90. The quantitative estimate of drug-likeness (QED) is 0.501. The molecule has 0 aliphatic rings. The number of rotatable bonds is 3. The van der Waals surface area contributed by atoms with Crippen molar-refractivity contribution < 1.29 is 4.79 Å².